The summed E-state index contributed by atoms with van der Waals surface area (Å²) in [6, 6.07) is 6.36. The number of benzene rings is 1. The van der Waals surface area contributed by atoms with E-state index in [9.17, 15) is 0 Å². The first-order valence-electron chi connectivity index (χ1n) is 8.18. The van der Waals surface area contributed by atoms with Gasteiger partial charge in [-0.15, -0.1) is 0 Å². The van der Waals surface area contributed by atoms with Gasteiger partial charge < -0.3 is 25.0 Å². The van der Waals surface area contributed by atoms with Gasteiger partial charge >= 0.3 is 11.9 Å². The summed E-state index contributed by atoms with van der Waals surface area (Å²) in [6.07, 6.45) is 1.04. The van der Waals surface area contributed by atoms with Gasteiger partial charge in [0.25, 0.3) is 0 Å². The molecular formula is C18H29NO6. The number of nitrogens with one attached hydrogen (secondary N) is 1. The molecule has 0 aliphatic carbocycles. The molecule has 0 aliphatic heterocycles. The average Bonchev–Trinajstić information content (AvgIpc) is 2.54. The Morgan fingerprint density at radius 1 is 1.12 bits per heavy atom. The first-order valence-corrected chi connectivity index (χ1v) is 8.18. The molecule has 0 unspecified atom stereocenters. The molecule has 0 heterocycles. The van der Waals surface area contributed by atoms with Gasteiger partial charge in [0.05, 0.1) is 0 Å². The van der Waals surface area contributed by atoms with Crippen LogP contribution in [-0.2, 0) is 14.3 Å². The molecule has 7 heteroatoms. The molecular weight excluding hydrogens is 326 g/mol. The highest BCUT2D eigenvalue weighted by molar-refractivity contribution is 6.27. The molecule has 0 saturated carbocycles. The molecule has 1 aromatic carbocycles. The number of aliphatic carboxylic acids is 2. The molecule has 0 fully saturated rings. The number of methoxy groups -OCH3 is 1. The third-order valence-electron chi connectivity index (χ3n) is 3.30. The maximum Gasteiger partial charge on any atom is 0.414 e. The second-order valence-electron chi connectivity index (χ2n) is 5.73. The zero-order valence-corrected chi connectivity index (χ0v) is 15.4. The number of carboxylic acids is 2. The predicted molar refractivity (Wildman–Crippen MR) is 95.4 cm³/mol. The minimum Gasteiger partial charge on any atom is -0.492 e. The smallest absolute Gasteiger partial charge is 0.414 e. The number of carbonyl (C=O) groups is 2. The maximum absolute atomic E-state index is 9.10. The van der Waals surface area contributed by atoms with Crippen LogP contribution < -0.4 is 10.1 Å². The van der Waals surface area contributed by atoms with Crippen LogP contribution in [0.25, 0.3) is 0 Å². The third-order valence-corrected chi connectivity index (χ3v) is 3.30. The normalized spacial score (nSPS) is 10.1. The first kappa shape index (κ1) is 22.9. The van der Waals surface area contributed by atoms with Crippen molar-refractivity contribution in [2.24, 2.45) is 0 Å². The molecule has 1 aromatic rings. The van der Waals surface area contributed by atoms with Gasteiger partial charge in [-0.2, -0.15) is 0 Å². The van der Waals surface area contributed by atoms with Gasteiger partial charge in [-0.05, 0) is 49.1 Å². The number of rotatable bonds is 9. The van der Waals surface area contributed by atoms with Crippen molar-refractivity contribution in [1.82, 2.24) is 5.32 Å². The Bertz CT molecular complexity index is 518. The number of ether oxygens (including phenoxy) is 2. The summed E-state index contributed by atoms with van der Waals surface area (Å²) < 4.78 is 10.7. The van der Waals surface area contributed by atoms with Gasteiger partial charge in [0.2, 0.25) is 0 Å². The molecule has 1 rings (SSSR count). The number of aryl methyl sites for hydroxylation is 1. The fraction of sp³-hybridized carbons (Fsp3) is 0.556. The van der Waals surface area contributed by atoms with E-state index in [0.29, 0.717) is 12.5 Å². The molecule has 25 heavy (non-hydrogen) atoms. The Balaban J connectivity index is 0.000000823. The van der Waals surface area contributed by atoms with Crippen LogP contribution in [0.4, 0.5) is 0 Å². The molecule has 0 atom stereocenters. The molecule has 7 nitrogen and oxygen atoms in total. The summed E-state index contributed by atoms with van der Waals surface area (Å²) in [6.45, 7) is 9.93. The second-order valence-corrected chi connectivity index (χ2v) is 5.73. The zero-order chi connectivity index (χ0) is 19.2. The van der Waals surface area contributed by atoms with E-state index in [1.54, 1.807) is 7.11 Å². The predicted octanol–water partition coefficient (Wildman–Crippen LogP) is 2.28. The largest absolute Gasteiger partial charge is 0.492 e. The minimum absolute atomic E-state index is 0.566. The first-order chi connectivity index (χ1) is 11.8. The Morgan fingerprint density at radius 3 is 2.24 bits per heavy atom. The SMILES string of the molecule is COCCCNCCOc1ccc(C(C)C)c(C)c1.O=C(O)C(=O)O. The van der Waals surface area contributed by atoms with E-state index in [2.05, 4.69) is 44.3 Å². The summed E-state index contributed by atoms with van der Waals surface area (Å²) in [5.74, 6) is -2.12. The maximum atomic E-state index is 9.10. The summed E-state index contributed by atoms with van der Waals surface area (Å²) in [5, 5.41) is 18.1. The van der Waals surface area contributed by atoms with Crippen LogP contribution in [0.15, 0.2) is 18.2 Å². The van der Waals surface area contributed by atoms with Crippen LogP contribution >= 0.6 is 0 Å². The topological polar surface area (TPSA) is 105 Å². The van der Waals surface area contributed by atoms with E-state index < -0.39 is 11.9 Å². The summed E-state index contributed by atoms with van der Waals surface area (Å²) in [5.41, 5.74) is 2.70. The van der Waals surface area contributed by atoms with Gasteiger partial charge in [-0.3, -0.25) is 0 Å². The van der Waals surface area contributed by atoms with Crippen LogP contribution in [-0.4, -0.2) is 55.6 Å². The second kappa shape index (κ2) is 13.2. The van der Waals surface area contributed by atoms with Crippen LogP contribution in [0, 0.1) is 6.92 Å². The van der Waals surface area contributed by atoms with Crippen molar-refractivity contribution in [3.8, 4) is 5.75 Å². The van der Waals surface area contributed by atoms with E-state index in [1.165, 1.54) is 11.1 Å². The van der Waals surface area contributed by atoms with Gasteiger partial charge in [0, 0.05) is 20.3 Å². The van der Waals surface area contributed by atoms with Crippen molar-refractivity contribution < 1.29 is 29.3 Å². The fourth-order valence-electron chi connectivity index (χ4n) is 2.09. The Labute approximate surface area is 149 Å². The van der Waals surface area contributed by atoms with Crippen molar-refractivity contribution in [2.45, 2.75) is 33.1 Å². The minimum atomic E-state index is -1.82. The molecule has 0 bridgehead atoms. The number of hydrogen-bond acceptors (Lipinski definition) is 5. The number of carboxylic acid groups (broad SMARTS) is 2. The lowest BCUT2D eigenvalue weighted by atomic mass is 9.98. The molecule has 0 aromatic heterocycles. The molecule has 0 aliphatic rings. The molecule has 0 spiro atoms. The average molecular weight is 355 g/mol. The Morgan fingerprint density at radius 2 is 1.76 bits per heavy atom. The lowest BCUT2D eigenvalue weighted by Gasteiger charge is -2.12. The van der Waals surface area contributed by atoms with Crippen LogP contribution in [0.3, 0.4) is 0 Å². The van der Waals surface area contributed by atoms with Crippen molar-refractivity contribution in [2.75, 3.05) is 33.4 Å². The standard InChI is InChI=1S/C16H27NO2.C2H2O4/c1-13(2)16-7-6-15(12-14(16)3)19-11-9-17-8-5-10-18-4;3-1(4)2(5)6/h6-7,12-13,17H,5,8-11H2,1-4H3;(H,3,4)(H,5,6). The summed E-state index contributed by atoms with van der Waals surface area (Å²) in [7, 11) is 1.73. The zero-order valence-electron chi connectivity index (χ0n) is 15.4. The van der Waals surface area contributed by atoms with E-state index >= 15 is 0 Å². The Hall–Kier alpha value is -2.12. The fourth-order valence-corrected chi connectivity index (χ4v) is 2.09. The molecule has 0 radical (unpaired) electrons. The summed E-state index contributed by atoms with van der Waals surface area (Å²) in [4.78, 5) is 18.2. The van der Waals surface area contributed by atoms with Gasteiger partial charge in [-0.25, -0.2) is 9.59 Å². The van der Waals surface area contributed by atoms with E-state index in [1.807, 2.05) is 0 Å². The monoisotopic (exact) mass is 355 g/mol. The van der Waals surface area contributed by atoms with Crippen molar-refractivity contribution >= 4 is 11.9 Å². The molecule has 0 saturated heterocycles. The van der Waals surface area contributed by atoms with Crippen LogP contribution in [0.2, 0.25) is 0 Å². The van der Waals surface area contributed by atoms with E-state index in [0.717, 1.165) is 31.9 Å². The highest BCUT2D eigenvalue weighted by atomic mass is 16.5. The van der Waals surface area contributed by atoms with Gasteiger partial charge in [-0.1, -0.05) is 19.9 Å². The quantitative estimate of drug-likeness (QED) is 0.461. The van der Waals surface area contributed by atoms with E-state index in [4.69, 9.17) is 29.3 Å². The van der Waals surface area contributed by atoms with Crippen molar-refractivity contribution in [3.63, 3.8) is 0 Å². The van der Waals surface area contributed by atoms with Crippen LogP contribution in [0.1, 0.15) is 37.3 Å². The highest BCUT2D eigenvalue weighted by Crippen LogP contribution is 2.23. The Kier molecular flexibility index (Phi) is 12.1. The molecule has 0 amide bonds. The number of hydrogen-bond donors (Lipinski definition) is 3. The van der Waals surface area contributed by atoms with Crippen molar-refractivity contribution in [3.05, 3.63) is 29.3 Å². The summed E-state index contributed by atoms with van der Waals surface area (Å²) >= 11 is 0. The molecule has 3 N–H and O–H groups in total. The third kappa shape index (κ3) is 11.1. The van der Waals surface area contributed by atoms with Gasteiger partial charge in [0.15, 0.2) is 0 Å². The lowest BCUT2D eigenvalue weighted by Crippen LogP contribution is -2.22. The van der Waals surface area contributed by atoms with Crippen LogP contribution in [0.5, 0.6) is 5.75 Å². The van der Waals surface area contributed by atoms with Gasteiger partial charge in [0.1, 0.15) is 12.4 Å². The highest BCUT2D eigenvalue weighted by Gasteiger charge is 2.05. The van der Waals surface area contributed by atoms with E-state index in [-0.39, 0.29) is 0 Å². The lowest BCUT2D eigenvalue weighted by molar-refractivity contribution is -0.159. The molecule has 142 valence electrons. The van der Waals surface area contributed by atoms with Crippen molar-refractivity contribution in [1.29, 1.82) is 0 Å².